The maximum atomic E-state index is 6.21. The Morgan fingerprint density at radius 1 is 1.69 bits per heavy atom. The Kier molecular flexibility index (Phi) is 4.25. The normalized spacial score (nSPS) is 27.2. The lowest BCUT2D eigenvalue weighted by atomic mass is 9.96. The zero-order chi connectivity index (χ0) is 11.5. The SMILES string of the molecule is CCNC(c1sccc1Cl)C1OCCC1C. The van der Waals surface area contributed by atoms with Crippen molar-refractivity contribution in [3.05, 3.63) is 21.3 Å². The fraction of sp³-hybridized carbons (Fsp3) is 0.667. The zero-order valence-electron chi connectivity index (χ0n) is 9.70. The van der Waals surface area contributed by atoms with Crippen molar-refractivity contribution in [1.29, 1.82) is 0 Å². The quantitative estimate of drug-likeness (QED) is 0.894. The molecule has 90 valence electrons. The van der Waals surface area contributed by atoms with Crippen molar-refractivity contribution in [2.75, 3.05) is 13.2 Å². The maximum Gasteiger partial charge on any atom is 0.0804 e. The predicted octanol–water partition coefficient (Wildman–Crippen LogP) is 3.48. The van der Waals surface area contributed by atoms with E-state index < -0.39 is 0 Å². The van der Waals surface area contributed by atoms with E-state index in [9.17, 15) is 0 Å². The molecule has 16 heavy (non-hydrogen) atoms. The van der Waals surface area contributed by atoms with Gasteiger partial charge in [0, 0.05) is 11.5 Å². The average Bonchev–Trinajstić information content (AvgIpc) is 2.84. The van der Waals surface area contributed by atoms with Gasteiger partial charge in [-0.1, -0.05) is 25.4 Å². The summed E-state index contributed by atoms with van der Waals surface area (Å²) in [6.07, 6.45) is 1.41. The summed E-state index contributed by atoms with van der Waals surface area (Å²) in [5.74, 6) is 0.599. The molecule has 0 saturated carbocycles. The highest BCUT2D eigenvalue weighted by Gasteiger charge is 2.34. The van der Waals surface area contributed by atoms with Crippen molar-refractivity contribution >= 4 is 22.9 Å². The van der Waals surface area contributed by atoms with Gasteiger partial charge in [0.15, 0.2) is 0 Å². The highest BCUT2D eigenvalue weighted by molar-refractivity contribution is 7.10. The Morgan fingerprint density at radius 2 is 2.50 bits per heavy atom. The van der Waals surface area contributed by atoms with Crippen molar-refractivity contribution in [2.45, 2.75) is 32.4 Å². The van der Waals surface area contributed by atoms with E-state index in [1.54, 1.807) is 11.3 Å². The second-order valence-electron chi connectivity index (χ2n) is 4.27. The molecule has 0 radical (unpaired) electrons. The van der Waals surface area contributed by atoms with Crippen molar-refractivity contribution < 1.29 is 4.74 Å². The molecule has 0 aromatic carbocycles. The third kappa shape index (κ3) is 2.43. The van der Waals surface area contributed by atoms with E-state index in [2.05, 4.69) is 19.2 Å². The van der Waals surface area contributed by atoms with Crippen LogP contribution < -0.4 is 5.32 Å². The fourth-order valence-electron chi connectivity index (χ4n) is 2.25. The Balaban J connectivity index is 2.20. The van der Waals surface area contributed by atoms with Crippen LogP contribution >= 0.6 is 22.9 Å². The number of thiophene rings is 1. The molecule has 0 bridgehead atoms. The van der Waals surface area contributed by atoms with Gasteiger partial charge in [-0.15, -0.1) is 11.3 Å². The van der Waals surface area contributed by atoms with Gasteiger partial charge in [0.05, 0.1) is 17.2 Å². The van der Waals surface area contributed by atoms with E-state index in [1.807, 2.05) is 11.4 Å². The molecule has 4 heteroatoms. The first-order valence-corrected chi connectivity index (χ1v) is 7.07. The highest BCUT2D eigenvalue weighted by Crippen LogP contribution is 2.37. The molecule has 3 unspecified atom stereocenters. The lowest BCUT2D eigenvalue weighted by Gasteiger charge is -2.26. The molecule has 1 aromatic heterocycles. The number of nitrogens with one attached hydrogen (secondary N) is 1. The molecule has 2 heterocycles. The fourth-order valence-corrected chi connectivity index (χ4v) is 3.53. The van der Waals surface area contributed by atoms with Crippen LogP contribution in [0, 0.1) is 5.92 Å². The van der Waals surface area contributed by atoms with E-state index in [4.69, 9.17) is 16.3 Å². The molecule has 1 aliphatic rings. The van der Waals surface area contributed by atoms with Crippen molar-refractivity contribution in [2.24, 2.45) is 5.92 Å². The van der Waals surface area contributed by atoms with Crippen molar-refractivity contribution in [3.8, 4) is 0 Å². The number of ether oxygens (including phenoxy) is 1. The number of hydrogen-bond donors (Lipinski definition) is 1. The number of hydrogen-bond acceptors (Lipinski definition) is 3. The summed E-state index contributed by atoms with van der Waals surface area (Å²) in [6.45, 7) is 6.18. The zero-order valence-corrected chi connectivity index (χ0v) is 11.3. The second kappa shape index (κ2) is 5.50. The van der Waals surface area contributed by atoms with Crippen molar-refractivity contribution in [1.82, 2.24) is 5.32 Å². The van der Waals surface area contributed by atoms with Crippen LogP contribution in [0.2, 0.25) is 5.02 Å². The Labute approximate surface area is 106 Å². The molecule has 2 nitrogen and oxygen atoms in total. The Hall–Kier alpha value is -0.0900. The summed E-state index contributed by atoms with van der Waals surface area (Å²) in [5, 5.41) is 6.40. The minimum absolute atomic E-state index is 0.245. The van der Waals surface area contributed by atoms with Crippen LogP contribution in [0.3, 0.4) is 0 Å². The molecule has 1 saturated heterocycles. The molecule has 0 aliphatic carbocycles. The van der Waals surface area contributed by atoms with E-state index >= 15 is 0 Å². The summed E-state index contributed by atoms with van der Waals surface area (Å²) in [4.78, 5) is 1.21. The van der Waals surface area contributed by atoms with Gasteiger partial charge in [-0.3, -0.25) is 0 Å². The number of halogens is 1. The van der Waals surface area contributed by atoms with Crippen LogP contribution in [-0.2, 0) is 4.74 Å². The molecule has 1 N–H and O–H groups in total. The lowest BCUT2D eigenvalue weighted by molar-refractivity contribution is 0.0623. The van der Waals surface area contributed by atoms with Crippen LogP contribution in [0.4, 0.5) is 0 Å². The van der Waals surface area contributed by atoms with Crippen molar-refractivity contribution in [3.63, 3.8) is 0 Å². The molecular formula is C12H18ClNOS. The Bertz CT molecular complexity index is 342. The molecule has 2 rings (SSSR count). The van der Waals surface area contributed by atoms with E-state index in [0.717, 1.165) is 24.6 Å². The summed E-state index contributed by atoms with van der Waals surface area (Å²) >= 11 is 7.92. The maximum absolute atomic E-state index is 6.21. The summed E-state index contributed by atoms with van der Waals surface area (Å²) in [7, 11) is 0. The molecule has 0 amide bonds. The summed E-state index contributed by atoms with van der Waals surface area (Å²) in [5.41, 5.74) is 0. The van der Waals surface area contributed by atoms with Gasteiger partial charge in [0.25, 0.3) is 0 Å². The van der Waals surface area contributed by atoms with E-state index in [-0.39, 0.29) is 12.1 Å². The van der Waals surface area contributed by atoms with E-state index in [0.29, 0.717) is 5.92 Å². The smallest absolute Gasteiger partial charge is 0.0804 e. The lowest BCUT2D eigenvalue weighted by Crippen LogP contribution is -2.34. The van der Waals surface area contributed by atoms with Gasteiger partial charge in [0.2, 0.25) is 0 Å². The monoisotopic (exact) mass is 259 g/mol. The summed E-state index contributed by atoms with van der Waals surface area (Å²) < 4.78 is 5.84. The third-order valence-electron chi connectivity index (χ3n) is 3.12. The standard InChI is InChI=1S/C12H18ClNOS/c1-3-14-10(11-8(2)4-6-15-11)12-9(13)5-7-16-12/h5,7-8,10-11,14H,3-4,6H2,1-2H3. The molecular weight excluding hydrogens is 242 g/mol. The van der Waals surface area contributed by atoms with Gasteiger partial charge in [-0.2, -0.15) is 0 Å². The highest BCUT2D eigenvalue weighted by atomic mass is 35.5. The largest absolute Gasteiger partial charge is 0.376 e. The number of likely N-dealkylation sites (N-methyl/N-ethyl adjacent to an activating group) is 1. The number of rotatable bonds is 4. The van der Waals surface area contributed by atoms with Crippen LogP contribution in [0.15, 0.2) is 11.4 Å². The first kappa shape index (κ1) is 12.4. The first-order chi connectivity index (χ1) is 7.74. The Morgan fingerprint density at radius 3 is 3.00 bits per heavy atom. The third-order valence-corrected chi connectivity index (χ3v) is 4.57. The molecule has 1 aromatic rings. The van der Waals surface area contributed by atoms with Gasteiger partial charge in [0.1, 0.15) is 0 Å². The van der Waals surface area contributed by atoms with Crippen LogP contribution in [0.25, 0.3) is 0 Å². The molecule has 1 aliphatic heterocycles. The second-order valence-corrected chi connectivity index (χ2v) is 5.62. The van der Waals surface area contributed by atoms with Crippen LogP contribution in [0.5, 0.6) is 0 Å². The van der Waals surface area contributed by atoms with Crippen LogP contribution in [0.1, 0.15) is 31.2 Å². The topological polar surface area (TPSA) is 21.3 Å². The van der Waals surface area contributed by atoms with E-state index in [1.165, 1.54) is 4.88 Å². The van der Waals surface area contributed by atoms with Gasteiger partial charge in [-0.25, -0.2) is 0 Å². The predicted molar refractivity (Wildman–Crippen MR) is 69.3 cm³/mol. The molecule has 0 spiro atoms. The minimum atomic E-state index is 0.245. The minimum Gasteiger partial charge on any atom is -0.376 e. The van der Waals surface area contributed by atoms with Gasteiger partial charge >= 0.3 is 0 Å². The summed E-state index contributed by atoms with van der Waals surface area (Å²) in [6, 6.07) is 2.21. The first-order valence-electron chi connectivity index (χ1n) is 5.82. The van der Waals surface area contributed by atoms with Crippen LogP contribution in [-0.4, -0.2) is 19.3 Å². The van der Waals surface area contributed by atoms with Gasteiger partial charge < -0.3 is 10.1 Å². The average molecular weight is 260 g/mol. The molecule has 3 atom stereocenters. The molecule has 1 fully saturated rings. The van der Waals surface area contributed by atoms with Gasteiger partial charge in [-0.05, 0) is 30.3 Å².